The van der Waals surface area contributed by atoms with E-state index >= 15 is 0 Å². The van der Waals surface area contributed by atoms with Gasteiger partial charge in [0.15, 0.2) is 0 Å². The Kier molecular flexibility index (Phi) is 5.08. The van der Waals surface area contributed by atoms with Crippen molar-refractivity contribution in [3.8, 4) is 5.75 Å². The average molecular weight is 354 g/mol. The summed E-state index contributed by atoms with van der Waals surface area (Å²) in [6.07, 6.45) is 1.24. The summed E-state index contributed by atoms with van der Waals surface area (Å²) in [6.45, 7) is 5.03. The van der Waals surface area contributed by atoms with E-state index in [0.717, 1.165) is 4.47 Å². The highest BCUT2D eigenvalue weighted by Gasteiger charge is 2.19. The third kappa shape index (κ3) is 3.89. The van der Waals surface area contributed by atoms with Gasteiger partial charge in [-0.15, -0.1) is 0 Å². The van der Waals surface area contributed by atoms with Crippen molar-refractivity contribution in [1.82, 2.24) is 10.3 Å². The summed E-state index contributed by atoms with van der Waals surface area (Å²) in [6, 6.07) is 5.75. The lowest BCUT2D eigenvalue weighted by Gasteiger charge is -2.11. The van der Waals surface area contributed by atoms with E-state index in [-0.39, 0.29) is 11.4 Å². The Hall–Kier alpha value is -1.73. The van der Waals surface area contributed by atoms with E-state index in [1.807, 2.05) is 19.9 Å². The summed E-state index contributed by atoms with van der Waals surface area (Å²) >= 11 is 3.36. The summed E-state index contributed by atoms with van der Waals surface area (Å²) in [5, 5.41) is 15.0. The maximum Gasteiger partial charge on any atom is 0.329 e. The van der Waals surface area contributed by atoms with Crippen LogP contribution in [0.15, 0.2) is 28.9 Å². The number of nitro groups is 1. The minimum absolute atomic E-state index is 0.120. The lowest BCUT2D eigenvalue weighted by molar-refractivity contribution is -0.386. The fourth-order valence-corrected chi connectivity index (χ4v) is 2.27. The number of ether oxygens (including phenoxy) is 1. The first kappa shape index (κ1) is 15.7. The molecule has 0 saturated carbocycles. The van der Waals surface area contributed by atoms with Gasteiger partial charge in [0.25, 0.3) is 0 Å². The summed E-state index contributed by atoms with van der Waals surface area (Å²) in [5.74, 6) is 0.261. The van der Waals surface area contributed by atoms with Gasteiger partial charge in [-0.25, -0.2) is 4.98 Å². The molecule has 0 spiro atoms. The van der Waals surface area contributed by atoms with Crippen molar-refractivity contribution in [1.29, 1.82) is 0 Å². The molecule has 21 heavy (non-hydrogen) atoms. The molecule has 2 aromatic rings. The predicted molar refractivity (Wildman–Crippen MR) is 84.7 cm³/mol. The zero-order valence-electron chi connectivity index (χ0n) is 11.8. The Bertz CT molecular complexity index is 661. The van der Waals surface area contributed by atoms with Crippen LogP contribution in [-0.2, 0) is 0 Å². The highest BCUT2D eigenvalue weighted by Crippen LogP contribution is 2.35. The third-order valence-corrected chi connectivity index (χ3v) is 3.35. The van der Waals surface area contributed by atoms with E-state index < -0.39 is 4.92 Å². The van der Waals surface area contributed by atoms with E-state index in [9.17, 15) is 10.1 Å². The number of aromatic nitrogens is 1. The number of rotatable bonds is 6. The third-order valence-electron chi connectivity index (χ3n) is 2.86. The normalized spacial score (nSPS) is 11.0. The van der Waals surface area contributed by atoms with Crippen molar-refractivity contribution in [3.05, 3.63) is 39.0 Å². The Morgan fingerprint density at radius 1 is 1.48 bits per heavy atom. The van der Waals surface area contributed by atoms with Gasteiger partial charge in [0.1, 0.15) is 12.8 Å². The van der Waals surface area contributed by atoms with Gasteiger partial charge < -0.3 is 10.1 Å². The first-order valence-corrected chi connectivity index (χ1v) is 7.37. The fourth-order valence-electron chi connectivity index (χ4n) is 1.91. The summed E-state index contributed by atoms with van der Waals surface area (Å²) < 4.78 is 6.47. The molecule has 6 nitrogen and oxygen atoms in total. The first-order valence-electron chi connectivity index (χ1n) is 6.58. The lowest BCUT2D eigenvalue weighted by atomic mass is 10.2. The summed E-state index contributed by atoms with van der Waals surface area (Å²) in [5.41, 5.74) is 0.542. The molecular weight excluding hydrogens is 338 g/mol. The molecule has 0 aliphatic carbocycles. The fraction of sp³-hybridized carbons (Fsp3) is 0.357. The van der Waals surface area contributed by atoms with E-state index in [1.165, 1.54) is 6.20 Å². The number of pyridine rings is 1. The van der Waals surface area contributed by atoms with Crippen molar-refractivity contribution in [2.24, 2.45) is 0 Å². The van der Waals surface area contributed by atoms with Crippen LogP contribution < -0.4 is 10.1 Å². The second kappa shape index (κ2) is 6.82. The molecule has 2 rings (SSSR count). The molecule has 1 N–H and O–H groups in total. The molecule has 0 saturated heterocycles. The van der Waals surface area contributed by atoms with Crippen LogP contribution in [-0.4, -0.2) is 29.1 Å². The first-order chi connectivity index (χ1) is 9.99. The predicted octanol–water partition coefficient (Wildman–Crippen LogP) is 3.28. The standard InChI is InChI=1S/C14H16BrN3O3/c1-9(2)16-5-6-21-14-11-7-10(15)3-4-12(11)17-8-13(14)18(19)20/h3-4,7-9,16H,5-6H2,1-2H3. The number of fused-ring (bicyclic) bond motifs is 1. The van der Waals surface area contributed by atoms with Gasteiger partial charge in [0.2, 0.25) is 5.75 Å². The highest BCUT2D eigenvalue weighted by molar-refractivity contribution is 9.10. The van der Waals surface area contributed by atoms with Gasteiger partial charge >= 0.3 is 5.69 Å². The summed E-state index contributed by atoms with van der Waals surface area (Å²) in [7, 11) is 0. The van der Waals surface area contributed by atoms with Gasteiger partial charge in [-0.3, -0.25) is 10.1 Å². The SMILES string of the molecule is CC(C)NCCOc1c([N+](=O)[O-])cnc2ccc(Br)cc12. The topological polar surface area (TPSA) is 77.3 Å². The second-order valence-electron chi connectivity index (χ2n) is 4.85. The summed E-state index contributed by atoms with van der Waals surface area (Å²) in [4.78, 5) is 14.8. The Labute approximate surface area is 130 Å². The van der Waals surface area contributed by atoms with Crippen LogP contribution in [0.1, 0.15) is 13.8 Å². The molecule has 112 valence electrons. The molecule has 0 fully saturated rings. The molecule has 1 aromatic heterocycles. The molecule has 0 bridgehead atoms. The number of halogens is 1. The van der Waals surface area contributed by atoms with E-state index in [0.29, 0.717) is 30.1 Å². The maximum atomic E-state index is 11.1. The van der Waals surface area contributed by atoms with Crippen LogP contribution in [0.25, 0.3) is 10.9 Å². The van der Waals surface area contributed by atoms with Gasteiger partial charge in [-0.1, -0.05) is 29.8 Å². The Morgan fingerprint density at radius 2 is 2.24 bits per heavy atom. The van der Waals surface area contributed by atoms with Crippen LogP contribution in [0.5, 0.6) is 5.75 Å². The van der Waals surface area contributed by atoms with Crippen LogP contribution in [0.4, 0.5) is 5.69 Å². The molecule has 0 aliphatic heterocycles. The minimum atomic E-state index is -0.474. The molecule has 0 aliphatic rings. The zero-order valence-corrected chi connectivity index (χ0v) is 13.4. The Morgan fingerprint density at radius 3 is 2.90 bits per heavy atom. The molecule has 0 amide bonds. The monoisotopic (exact) mass is 353 g/mol. The second-order valence-corrected chi connectivity index (χ2v) is 5.76. The number of hydrogen-bond acceptors (Lipinski definition) is 5. The van der Waals surface area contributed by atoms with Gasteiger partial charge in [-0.05, 0) is 18.2 Å². The number of hydrogen-bond donors (Lipinski definition) is 1. The molecular formula is C14H16BrN3O3. The largest absolute Gasteiger partial charge is 0.485 e. The van der Waals surface area contributed by atoms with E-state index in [1.54, 1.807) is 12.1 Å². The molecule has 1 heterocycles. The number of nitrogens with zero attached hydrogens (tertiary/aromatic N) is 2. The minimum Gasteiger partial charge on any atom is -0.485 e. The van der Waals surface area contributed by atoms with Crippen molar-refractivity contribution in [2.75, 3.05) is 13.2 Å². The number of nitrogens with one attached hydrogen (secondary N) is 1. The van der Waals surface area contributed by atoms with Crippen molar-refractivity contribution in [2.45, 2.75) is 19.9 Å². The molecule has 0 radical (unpaired) electrons. The van der Waals surface area contributed by atoms with Crippen LogP contribution >= 0.6 is 15.9 Å². The smallest absolute Gasteiger partial charge is 0.329 e. The molecule has 0 unspecified atom stereocenters. The quantitative estimate of drug-likeness (QED) is 0.489. The molecule has 7 heteroatoms. The van der Waals surface area contributed by atoms with Gasteiger partial charge in [-0.2, -0.15) is 0 Å². The van der Waals surface area contributed by atoms with Crippen molar-refractivity contribution in [3.63, 3.8) is 0 Å². The van der Waals surface area contributed by atoms with Gasteiger partial charge in [0.05, 0.1) is 15.8 Å². The molecule has 0 atom stereocenters. The maximum absolute atomic E-state index is 11.1. The highest BCUT2D eigenvalue weighted by atomic mass is 79.9. The molecule has 1 aromatic carbocycles. The lowest BCUT2D eigenvalue weighted by Crippen LogP contribution is -2.27. The van der Waals surface area contributed by atoms with Gasteiger partial charge in [0, 0.05) is 17.1 Å². The Balaban J connectivity index is 2.34. The van der Waals surface area contributed by atoms with Crippen LogP contribution in [0, 0.1) is 10.1 Å². The van der Waals surface area contributed by atoms with Crippen molar-refractivity contribution >= 4 is 32.5 Å². The average Bonchev–Trinajstić information content (AvgIpc) is 2.42. The van der Waals surface area contributed by atoms with Crippen molar-refractivity contribution < 1.29 is 9.66 Å². The van der Waals surface area contributed by atoms with E-state index in [4.69, 9.17) is 4.74 Å². The van der Waals surface area contributed by atoms with E-state index in [2.05, 4.69) is 26.2 Å². The zero-order chi connectivity index (χ0) is 15.4. The van der Waals surface area contributed by atoms with Crippen LogP contribution in [0.3, 0.4) is 0 Å². The van der Waals surface area contributed by atoms with Crippen LogP contribution in [0.2, 0.25) is 0 Å². The number of benzene rings is 1.